The quantitative estimate of drug-likeness (QED) is 0.774. The molecule has 0 aliphatic heterocycles. The Labute approximate surface area is 124 Å². The molecule has 0 aliphatic carbocycles. The minimum atomic E-state index is -0.590. The number of pyridine rings is 1. The predicted molar refractivity (Wildman–Crippen MR) is 81.0 cm³/mol. The Kier molecular flexibility index (Phi) is 6.81. The van der Waals surface area contributed by atoms with Crippen LogP contribution in [0.5, 0.6) is 5.75 Å². The van der Waals surface area contributed by atoms with Crippen LogP contribution in [-0.4, -0.2) is 36.5 Å². The summed E-state index contributed by atoms with van der Waals surface area (Å²) in [6.07, 6.45) is 1.80. The lowest BCUT2D eigenvalue weighted by Crippen LogP contribution is -2.34. The van der Waals surface area contributed by atoms with E-state index in [1.807, 2.05) is 13.8 Å². The number of ether oxygens (including phenoxy) is 2. The number of aromatic nitrogens is 1. The molecule has 112 valence electrons. The van der Waals surface area contributed by atoms with Gasteiger partial charge in [-0.05, 0) is 20.8 Å². The van der Waals surface area contributed by atoms with Gasteiger partial charge in [0.2, 0.25) is 0 Å². The predicted octanol–water partition coefficient (Wildman–Crippen LogP) is 1.83. The fourth-order valence-electron chi connectivity index (χ4n) is 1.82. The largest absolute Gasteiger partial charge is 0.496 e. The summed E-state index contributed by atoms with van der Waals surface area (Å²) in [5.74, 6) is 1.71. The maximum absolute atomic E-state index is 11.4. The van der Waals surface area contributed by atoms with Crippen molar-refractivity contribution in [3.8, 4) is 5.75 Å². The van der Waals surface area contributed by atoms with Crippen molar-refractivity contribution in [3.05, 3.63) is 23.0 Å². The first-order valence-electron chi connectivity index (χ1n) is 6.50. The van der Waals surface area contributed by atoms with Gasteiger partial charge in [-0.3, -0.25) is 9.78 Å². The van der Waals surface area contributed by atoms with E-state index in [9.17, 15) is 4.79 Å². The third-order valence-electron chi connectivity index (χ3n) is 2.88. The van der Waals surface area contributed by atoms with Crippen LogP contribution in [0, 0.1) is 13.8 Å². The smallest absolute Gasteiger partial charge is 0.323 e. The van der Waals surface area contributed by atoms with Crippen LogP contribution in [0.1, 0.15) is 23.7 Å². The van der Waals surface area contributed by atoms with Gasteiger partial charge in [-0.2, -0.15) is 11.8 Å². The Hall–Kier alpha value is -1.27. The Morgan fingerprint density at radius 2 is 2.20 bits per heavy atom. The van der Waals surface area contributed by atoms with Gasteiger partial charge in [-0.15, -0.1) is 0 Å². The normalized spacial score (nSPS) is 12.1. The molecule has 5 nitrogen and oxygen atoms in total. The molecule has 1 heterocycles. The number of aryl methyl sites for hydroxylation is 1. The van der Waals surface area contributed by atoms with Gasteiger partial charge in [0.05, 0.1) is 19.4 Å². The summed E-state index contributed by atoms with van der Waals surface area (Å²) in [6.45, 7) is 6.07. The summed E-state index contributed by atoms with van der Waals surface area (Å²) >= 11 is 1.56. The lowest BCUT2D eigenvalue weighted by atomic mass is 10.1. The van der Waals surface area contributed by atoms with Crippen LogP contribution in [0.3, 0.4) is 0 Å². The van der Waals surface area contributed by atoms with E-state index in [1.165, 1.54) is 0 Å². The monoisotopic (exact) mass is 298 g/mol. The molecule has 0 bridgehead atoms. The van der Waals surface area contributed by atoms with E-state index in [-0.39, 0.29) is 5.97 Å². The summed E-state index contributed by atoms with van der Waals surface area (Å²) in [5, 5.41) is 0. The molecule has 6 heteroatoms. The zero-order valence-electron chi connectivity index (χ0n) is 12.4. The molecule has 0 saturated heterocycles. The van der Waals surface area contributed by atoms with E-state index in [0.29, 0.717) is 18.1 Å². The van der Waals surface area contributed by atoms with Gasteiger partial charge < -0.3 is 15.2 Å². The van der Waals surface area contributed by atoms with E-state index in [1.54, 1.807) is 32.0 Å². The Bertz CT molecular complexity index is 466. The lowest BCUT2D eigenvalue weighted by Gasteiger charge is -2.13. The molecule has 0 fully saturated rings. The second kappa shape index (κ2) is 8.11. The minimum absolute atomic E-state index is 0.354. The average molecular weight is 298 g/mol. The van der Waals surface area contributed by atoms with Crippen LogP contribution < -0.4 is 10.5 Å². The number of methoxy groups -OCH3 is 1. The van der Waals surface area contributed by atoms with Crippen molar-refractivity contribution in [2.45, 2.75) is 32.6 Å². The Balaban J connectivity index is 2.56. The van der Waals surface area contributed by atoms with Crippen LogP contribution in [0.25, 0.3) is 0 Å². The average Bonchev–Trinajstić information content (AvgIpc) is 2.42. The summed E-state index contributed by atoms with van der Waals surface area (Å²) in [6, 6.07) is -0.590. The van der Waals surface area contributed by atoms with Crippen molar-refractivity contribution in [2.24, 2.45) is 5.73 Å². The molecule has 0 aromatic carbocycles. The van der Waals surface area contributed by atoms with Gasteiger partial charge in [-0.25, -0.2) is 0 Å². The highest BCUT2D eigenvalue weighted by atomic mass is 32.2. The number of nitrogens with zero attached hydrogens (tertiary/aromatic N) is 1. The van der Waals surface area contributed by atoms with Crippen LogP contribution in [0.2, 0.25) is 0 Å². The molecule has 0 saturated carbocycles. The van der Waals surface area contributed by atoms with Crippen LogP contribution in [0.4, 0.5) is 0 Å². The summed E-state index contributed by atoms with van der Waals surface area (Å²) in [4.78, 5) is 15.8. The molecule has 0 radical (unpaired) electrons. The standard InChI is InChI=1S/C14H22N2O3S/c1-5-19-14(17)11(15)7-20-8-12-10(3)13(18-4)9(2)6-16-12/h6,11H,5,7-8,15H2,1-4H3. The van der Waals surface area contributed by atoms with Crippen LogP contribution in [0.15, 0.2) is 6.20 Å². The minimum Gasteiger partial charge on any atom is -0.496 e. The third kappa shape index (κ3) is 4.38. The van der Waals surface area contributed by atoms with Gasteiger partial charge in [0, 0.05) is 28.8 Å². The number of esters is 1. The number of carbonyl (C=O) groups is 1. The summed E-state index contributed by atoms with van der Waals surface area (Å²) in [5.41, 5.74) is 8.75. The van der Waals surface area contributed by atoms with Gasteiger partial charge in [0.1, 0.15) is 11.8 Å². The van der Waals surface area contributed by atoms with E-state index in [0.717, 1.165) is 22.6 Å². The molecule has 0 spiro atoms. The highest BCUT2D eigenvalue weighted by Crippen LogP contribution is 2.26. The van der Waals surface area contributed by atoms with Crippen molar-refractivity contribution in [1.29, 1.82) is 0 Å². The first-order chi connectivity index (χ1) is 9.51. The van der Waals surface area contributed by atoms with E-state index < -0.39 is 6.04 Å². The highest BCUT2D eigenvalue weighted by molar-refractivity contribution is 7.98. The number of rotatable bonds is 7. The van der Waals surface area contributed by atoms with Crippen LogP contribution >= 0.6 is 11.8 Å². The van der Waals surface area contributed by atoms with E-state index >= 15 is 0 Å². The zero-order chi connectivity index (χ0) is 15.1. The highest BCUT2D eigenvalue weighted by Gasteiger charge is 2.15. The molecule has 1 atom stereocenters. The molecule has 1 rings (SSSR count). The topological polar surface area (TPSA) is 74.4 Å². The Morgan fingerprint density at radius 1 is 1.50 bits per heavy atom. The number of hydrogen-bond acceptors (Lipinski definition) is 6. The number of thioether (sulfide) groups is 1. The summed E-state index contributed by atoms with van der Waals surface area (Å²) < 4.78 is 10.2. The maximum atomic E-state index is 11.4. The molecule has 1 aromatic heterocycles. The molecule has 1 aromatic rings. The molecule has 1 unspecified atom stereocenters. The molecule has 0 aliphatic rings. The molecular formula is C14H22N2O3S. The zero-order valence-corrected chi connectivity index (χ0v) is 13.3. The van der Waals surface area contributed by atoms with Gasteiger partial charge in [-0.1, -0.05) is 0 Å². The Morgan fingerprint density at radius 3 is 2.80 bits per heavy atom. The van der Waals surface area contributed by atoms with Gasteiger partial charge >= 0.3 is 5.97 Å². The number of hydrogen-bond donors (Lipinski definition) is 1. The SMILES string of the molecule is CCOC(=O)C(N)CSCc1ncc(C)c(OC)c1C. The first kappa shape index (κ1) is 16.8. The number of carbonyl (C=O) groups excluding carboxylic acids is 1. The van der Waals surface area contributed by atoms with Crippen molar-refractivity contribution >= 4 is 17.7 Å². The maximum Gasteiger partial charge on any atom is 0.323 e. The van der Waals surface area contributed by atoms with Crippen molar-refractivity contribution in [2.75, 3.05) is 19.5 Å². The summed E-state index contributed by atoms with van der Waals surface area (Å²) in [7, 11) is 1.66. The van der Waals surface area contributed by atoms with Gasteiger partial charge in [0.15, 0.2) is 0 Å². The van der Waals surface area contributed by atoms with Crippen molar-refractivity contribution < 1.29 is 14.3 Å². The molecule has 2 N–H and O–H groups in total. The van der Waals surface area contributed by atoms with Gasteiger partial charge in [0.25, 0.3) is 0 Å². The van der Waals surface area contributed by atoms with E-state index in [2.05, 4.69) is 4.98 Å². The van der Waals surface area contributed by atoms with Crippen LogP contribution in [-0.2, 0) is 15.3 Å². The molecule has 20 heavy (non-hydrogen) atoms. The fourth-order valence-corrected chi connectivity index (χ4v) is 2.81. The third-order valence-corrected chi connectivity index (χ3v) is 3.95. The van der Waals surface area contributed by atoms with Crippen molar-refractivity contribution in [3.63, 3.8) is 0 Å². The number of nitrogens with two attached hydrogens (primary N) is 1. The molecule has 0 amide bonds. The molecular weight excluding hydrogens is 276 g/mol. The first-order valence-corrected chi connectivity index (χ1v) is 7.65. The lowest BCUT2D eigenvalue weighted by molar-refractivity contribution is -0.144. The second-order valence-electron chi connectivity index (χ2n) is 4.42. The van der Waals surface area contributed by atoms with Crippen molar-refractivity contribution in [1.82, 2.24) is 4.98 Å². The van der Waals surface area contributed by atoms with E-state index in [4.69, 9.17) is 15.2 Å². The second-order valence-corrected chi connectivity index (χ2v) is 5.45. The fraction of sp³-hybridized carbons (Fsp3) is 0.571.